The van der Waals surface area contributed by atoms with Crippen LogP contribution < -0.4 is 5.73 Å². The fraction of sp³-hybridized carbons (Fsp3) is 0.440. The van der Waals surface area contributed by atoms with Gasteiger partial charge in [0.05, 0.1) is 0 Å². The molecule has 4 rings (SSSR count). The summed E-state index contributed by atoms with van der Waals surface area (Å²) in [5, 5.41) is 44.4. The van der Waals surface area contributed by atoms with Gasteiger partial charge in [0, 0.05) is 28.4 Å². The van der Waals surface area contributed by atoms with Crippen molar-refractivity contribution >= 4 is 17.3 Å². The number of ketones is 1. The molecule has 0 radical (unpaired) electrons. The number of allylic oxidation sites excluding steroid dienone is 3. The average molecular weight is 440 g/mol. The number of benzene rings is 1. The van der Waals surface area contributed by atoms with E-state index >= 15 is 0 Å². The SMILES string of the molecule is C=C1C2=C(O)[C@@]3(O)C(=O)C(C(N)=O)=C(O)C[C@@]3(C)C[C@@]2(C)Cc2c(CC)cc(C)c(O)c21. The highest BCUT2D eigenvalue weighted by molar-refractivity contribution is 6.24. The third-order valence-corrected chi connectivity index (χ3v) is 7.73. The number of primary amides is 1. The highest BCUT2D eigenvalue weighted by Gasteiger charge is 2.67. The zero-order chi connectivity index (χ0) is 24.0. The van der Waals surface area contributed by atoms with Gasteiger partial charge >= 0.3 is 0 Å². The van der Waals surface area contributed by atoms with Crippen molar-refractivity contribution in [1.29, 1.82) is 0 Å². The Kier molecular flexibility index (Phi) is 4.48. The second kappa shape index (κ2) is 6.48. The molecule has 7 nitrogen and oxygen atoms in total. The molecule has 0 saturated heterocycles. The maximum absolute atomic E-state index is 13.3. The summed E-state index contributed by atoms with van der Waals surface area (Å²) < 4.78 is 0. The number of nitrogens with two attached hydrogens (primary N) is 1. The van der Waals surface area contributed by atoms with E-state index < -0.39 is 45.2 Å². The van der Waals surface area contributed by atoms with Crippen molar-refractivity contribution in [1.82, 2.24) is 0 Å². The van der Waals surface area contributed by atoms with Crippen molar-refractivity contribution < 1.29 is 30.0 Å². The van der Waals surface area contributed by atoms with E-state index in [4.69, 9.17) is 5.73 Å². The molecule has 0 unspecified atom stereocenters. The van der Waals surface area contributed by atoms with E-state index in [0.29, 0.717) is 23.1 Å². The predicted molar refractivity (Wildman–Crippen MR) is 119 cm³/mol. The summed E-state index contributed by atoms with van der Waals surface area (Å²) in [5.41, 5.74) is 3.90. The van der Waals surface area contributed by atoms with Crippen LogP contribution in [0, 0.1) is 17.8 Å². The fourth-order valence-corrected chi connectivity index (χ4v) is 6.36. The average Bonchev–Trinajstić information content (AvgIpc) is 2.66. The number of carbonyl (C=O) groups is 2. The van der Waals surface area contributed by atoms with Crippen LogP contribution in [-0.4, -0.2) is 37.7 Å². The first-order valence-electron chi connectivity index (χ1n) is 10.7. The fourth-order valence-electron chi connectivity index (χ4n) is 6.36. The van der Waals surface area contributed by atoms with Crippen LogP contribution in [0.2, 0.25) is 0 Å². The second-order valence-electron chi connectivity index (χ2n) is 9.99. The molecule has 32 heavy (non-hydrogen) atoms. The van der Waals surface area contributed by atoms with Crippen LogP contribution in [0.4, 0.5) is 0 Å². The molecule has 7 heteroatoms. The Morgan fingerprint density at radius 1 is 1.22 bits per heavy atom. The van der Waals surface area contributed by atoms with E-state index in [1.807, 2.05) is 19.9 Å². The molecule has 0 saturated carbocycles. The molecule has 0 heterocycles. The van der Waals surface area contributed by atoms with Gasteiger partial charge in [0.15, 0.2) is 5.60 Å². The number of hydrogen-bond acceptors (Lipinski definition) is 6. The Bertz CT molecular complexity index is 1190. The van der Waals surface area contributed by atoms with Crippen LogP contribution in [0.15, 0.2) is 35.3 Å². The van der Waals surface area contributed by atoms with E-state index in [0.717, 1.165) is 17.5 Å². The number of Topliss-reactive ketones (excluding diaryl/α,β-unsaturated/α-hetero) is 1. The summed E-state index contributed by atoms with van der Waals surface area (Å²) in [5.74, 6) is -3.31. The molecule has 3 atom stereocenters. The number of aryl methyl sites for hydroxylation is 2. The molecular weight excluding hydrogens is 410 g/mol. The highest BCUT2D eigenvalue weighted by atomic mass is 16.3. The van der Waals surface area contributed by atoms with E-state index in [-0.39, 0.29) is 24.2 Å². The number of amides is 1. The third-order valence-electron chi connectivity index (χ3n) is 7.73. The number of hydrogen-bond donors (Lipinski definition) is 5. The summed E-state index contributed by atoms with van der Waals surface area (Å²) >= 11 is 0. The summed E-state index contributed by atoms with van der Waals surface area (Å²) in [7, 11) is 0. The lowest BCUT2D eigenvalue weighted by Gasteiger charge is -2.56. The minimum atomic E-state index is -2.45. The molecule has 0 fully saturated rings. The lowest BCUT2D eigenvalue weighted by Crippen LogP contribution is -2.63. The third kappa shape index (κ3) is 2.45. The second-order valence-corrected chi connectivity index (χ2v) is 9.99. The van der Waals surface area contributed by atoms with Gasteiger partial charge in [-0.05, 0) is 48.4 Å². The number of aliphatic hydroxyl groups is 3. The standard InChI is InChI=1S/C25H29NO6/c1-6-13-7-11(2)19(28)16-12(3)18-21(30)25(32)20(29)17(22(26)31)15(27)9-24(25,5)10-23(18,4)8-14(13)16/h7,27-28,30,32H,3,6,8-10H2,1-2,4-5H3,(H2,26,31)/t23-,24+,25+/m1/s1. The van der Waals surface area contributed by atoms with E-state index in [2.05, 4.69) is 6.58 Å². The lowest BCUT2D eigenvalue weighted by molar-refractivity contribution is -0.158. The maximum Gasteiger partial charge on any atom is 0.255 e. The van der Waals surface area contributed by atoms with Crippen molar-refractivity contribution in [2.24, 2.45) is 16.6 Å². The first-order valence-corrected chi connectivity index (χ1v) is 10.7. The van der Waals surface area contributed by atoms with Crippen LogP contribution in [0.5, 0.6) is 5.75 Å². The van der Waals surface area contributed by atoms with Crippen LogP contribution >= 0.6 is 0 Å². The molecule has 3 aliphatic rings. The largest absolute Gasteiger partial charge is 0.511 e. The number of fused-ring (bicyclic) bond motifs is 3. The summed E-state index contributed by atoms with van der Waals surface area (Å²) in [6, 6.07) is 1.94. The van der Waals surface area contributed by atoms with Crippen molar-refractivity contribution in [3.05, 3.63) is 57.6 Å². The molecule has 0 aliphatic heterocycles. The van der Waals surface area contributed by atoms with E-state index in [1.165, 1.54) is 0 Å². The molecule has 1 amide bonds. The highest BCUT2D eigenvalue weighted by Crippen LogP contribution is 2.64. The zero-order valence-corrected chi connectivity index (χ0v) is 18.8. The van der Waals surface area contributed by atoms with Crippen molar-refractivity contribution in [2.45, 2.75) is 59.0 Å². The van der Waals surface area contributed by atoms with Crippen LogP contribution in [-0.2, 0) is 22.4 Å². The molecule has 0 spiro atoms. The molecule has 0 bridgehead atoms. The minimum Gasteiger partial charge on any atom is -0.511 e. The smallest absolute Gasteiger partial charge is 0.255 e. The van der Waals surface area contributed by atoms with Crippen molar-refractivity contribution in [3.63, 3.8) is 0 Å². The first-order chi connectivity index (χ1) is 14.7. The number of aliphatic hydroxyl groups excluding tert-OH is 2. The molecular formula is C25H29NO6. The van der Waals surface area contributed by atoms with Crippen LogP contribution in [0.25, 0.3) is 5.57 Å². The Morgan fingerprint density at radius 3 is 2.41 bits per heavy atom. The van der Waals surface area contributed by atoms with Gasteiger partial charge in [-0.2, -0.15) is 0 Å². The first kappa shape index (κ1) is 22.1. The van der Waals surface area contributed by atoms with E-state index in [9.17, 15) is 30.0 Å². The lowest BCUT2D eigenvalue weighted by atomic mass is 9.48. The number of rotatable bonds is 2. The molecule has 6 N–H and O–H groups in total. The Labute approximate surface area is 186 Å². The van der Waals surface area contributed by atoms with E-state index in [1.54, 1.807) is 13.8 Å². The Balaban J connectivity index is 2.04. The van der Waals surface area contributed by atoms with Gasteiger partial charge in [0.25, 0.3) is 5.91 Å². The maximum atomic E-state index is 13.3. The molecule has 0 aromatic heterocycles. The topological polar surface area (TPSA) is 141 Å². The van der Waals surface area contributed by atoms with Gasteiger partial charge in [-0.25, -0.2) is 0 Å². The number of aromatic hydroxyl groups is 1. The van der Waals surface area contributed by atoms with Gasteiger partial charge in [-0.1, -0.05) is 33.4 Å². The van der Waals surface area contributed by atoms with Gasteiger partial charge in [0.2, 0.25) is 5.78 Å². The van der Waals surface area contributed by atoms with Crippen molar-refractivity contribution in [3.8, 4) is 5.75 Å². The summed E-state index contributed by atoms with van der Waals surface area (Å²) in [6.45, 7) is 11.5. The van der Waals surface area contributed by atoms with Gasteiger partial charge in [-0.3, -0.25) is 9.59 Å². The van der Waals surface area contributed by atoms with Gasteiger partial charge < -0.3 is 26.2 Å². The predicted octanol–water partition coefficient (Wildman–Crippen LogP) is 3.06. The van der Waals surface area contributed by atoms with Gasteiger partial charge in [-0.15, -0.1) is 0 Å². The van der Waals surface area contributed by atoms with Crippen LogP contribution in [0.1, 0.15) is 55.9 Å². The zero-order valence-electron chi connectivity index (χ0n) is 18.8. The number of phenolic OH excluding ortho intramolecular Hbond substituents is 1. The van der Waals surface area contributed by atoms with Crippen molar-refractivity contribution in [2.75, 3.05) is 0 Å². The monoisotopic (exact) mass is 439 g/mol. The Hall–Kier alpha value is -3.06. The minimum absolute atomic E-state index is 0.0511. The molecule has 170 valence electrons. The Morgan fingerprint density at radius 2 is 1.84 bits per heavy atom. The van der Waals surface area contributed by atoms with Crippen LogP contribution in [0.3, 0.4) is 0 Å². The summed E-state index contributed by atoms with van der Waals surface area (Å²) in [4.78, 5) is 25.1. The molecule has 1 aromatic carbocycles. The molecule has 1 aromatic rings. The quantitative estimate of drug-likeness (QED) is 0.449. The number of carbonyl (C=O) groups excluding carboxylic acids is 2. The van der Waals surface area contributed by atoms with Gasteiger partial charge in [0.1, 0.15) is 22.8 Å². The summed E-state index contributed by atoms with van der Waals surface area (Å²) in [6.07, 6.45) is 1.22. The normalized spacial score (nSPS) is 31.9. The number of phenols is 1. The molecule has 3 aliphatic carbocycles.